The molecule has 0 aliphatic carbocycles. The van der Waals surface area contributed by atoms with E-state index in [1.165, 1.54) is 12.1 Å². The van der Waals surface area contributed by atoms with Crippen molar-refractivity contribution in [1.82, 2.24) is 0 Å². The van der Waals surface area contributed by atoms with E-state index in [4.69, 9.17) is 10.4 Å². The number of hydrogen-bond donors (Lipinski definition) is 1. The second kappa shape index (κ2) is 4.71. The average molecular weight is 268 g/mol. The zero-order valence-electron chi connectivity index (χ0n) is 7.53. The SMILES string of the molecule is N#Cc1cc(CC(=O)O)cc(C=O)c1Br. The van der Waals surface area contributed by atoms with Crippen LogP contribution in [0.4, 0.5) is 0 Å². The molecule has 1 aromatic carbocycles. The quantitative estimate of drug-likeness (QED) is 0.847. The van der Waals surface area contributed by atoms with Crippen LogP contribution in [0.1, 0.15) is 21.5 Å². The van der Waals surface area contributed by atoms with Crippen LogP contribution in [-0.2, 0) is 11.2 Å². The number of aldehydes is 1. The van der Waals surface area contributed by atoms with Crippen molar-refractivity contribution in [2.24, 2.45) is 0 Å². The Balaban J connectivity index is 3.28. The third-order valence-electron chi connectivity index (χ3n) is 1.76. The lowest BCUT2D eigenvalue weighted by molar-refractivity contribution is -0.136. The Kier molecular flexibility index (Phi) is 3.58. The molecular weight excluding hydrogens is 262 g/mol. The number of carboxylic acid groups (broad SMARTS) is 1. The molecule has 0 saturated carbocycles. The van der Waals surface area contributed by atoms with Gasteiger partial charge in [0.05, 0.1) is 12.0 Å². The molecule has 0 aliphatic rings. The van der Waals surface area contributed by atoms with E-state index in [1.54, 1.807) is 0 Å². The third-order valence-corrected chi connectivity index (χ3v) is 2.65. The zero-order chi connectivity index (χ0) is 11.4. The van der Waals surface area contributed by atoms with E-state index < -0.39 is 5.97 Å². The first-order valence-corrected chi connectivity index (χ1v) is 4.77. The van der Waals surface area contributed by atoms with Crippen molar-refractivity contribution in [2.75, 3.05) is 0 Å². The Labute approximate surface area is 94.3 Å². The van der Waals surface area contributed by atoms with Crippen molar-refractivity contribution in [2.45, 2.75) is 6.42 Å². The minimum absolute atomic E-state index is 0.206. The van der Waals surface area contributed by atoms with Gasteiger partial charge >= 0.3 is 5.97 Å². The summed E-state index contributed by atoms with van der Waals surface area (Å²) in [6, 6.07) is 4.78. The number of carbonyl (C=O) groups is 2. The summed E-state index contributed by atoms with van der Waals surface area (Å²) in [5.41, 5.74) is 0.977. The number of carboxylic acids is 1. The maximum atomic E-state index is 10.6. The minimum Gasteiger partial charge on any atom is -0.481 e. The highest BCUT2D eigenvalue weighted by atomic mass is 79.9. The molecule has 1 rings (SSSR count). The van der Waals surface area contributed by atoms with Crippen LogP contribution in [-0.4, -0.2) is 17.4 Å². The molecule has 0 aromatic heterocycles. The summed E-state index contributed by atoms with van der Waals surface area (Å²) >= 11 is 3.10. The van der Waals surface area contributed by atoms with E-state index >= 15 is 0 Å². The first-order valence-electron chi connectivity index (χ1n) is 3.98. The van der Waals surface area contributed by atoms with E-state index in [2.05, 4.69) is 15.9 Å². The number of benzene rings is 1. The lowest BCUT2D eigenvalue weighted by Gasteiger charge is -2.03. The Morgan fingerprint density at radius 2 is 2.27 bits per heavy atom. The maximum Gasteiger partial charge on any atom is 0.307 e. The van der Waals surface area contributed by atoms with Gasteiger partial charge in [0, 0.05) is 10.0 Å². The maximum absolute atomic E-state index is 10.6. The summed E-state index contributed by atoms with van der Waals surface area (Å²) in [5, 5.41) is 17.3. The summed E-state index contributed by atoms with van der Waals surface area (Å²) in [5.74, 6) is -1.00. The van der Waals surface area contributed by atoms with Crippen molar-refractivity contribution >= 4 is 28.2 Å². The first kappa shape index (κ1) is 11.4. The molecule has 5 heteroatoms. The van der Waals surface area contributed by atoms with Crippen molar-refractivity contribution < 1.29 is 14.7 Å². The number of nitrogens with zero attached hydrogens (tertiary/aromatic N) is 1. The standard InChI is InChI=1S/C10H6BrNO3/c11-10-7(4-12)1-6(3-9(14)15)2-8(10)5-13/h1-2,5H,3H2,(H,14,15). The highest BCUT2D eigenvalue weighted by Crippen LogP contribution is 2.22. The van der Waals surface area contributed by atoms with Crippen LogP contribution in [0, 0.1) is 11.3 Å². The van der Waals surface area contributed by atoms with Gasteiger partial charge in [-0.05, 0) is 33.6 Å². The number of aliphatic carboxylic acids is 1. The number of hydrogen-bond acceptors (Lipinski definition) is 3. The summed E-state index contributed by atoms with van der Waals surface area (Å²) in [6.07, 6.45) is 0.374. The van der Waals surface area contributed by atoms with E-state index in [0.717, 1.165) is 0 Å². The molecule has 0 radical (unpaired) electrons. The van der Waals surface area contributed by atoms with Crippen LogP contribution in [0.25, 0.3) is 0 Å². The van der Waals surface area contributed by atoms with Gasteiger partial charge < -0.3 is 5.11 Å². The molecule has 0 saturated heterocycles. The van der Waals surface area contributed by atoms with Crippen molar-refractivity contribution in [3.63, 3.8) is 0 Å². The molecule has 0 unspecified atom stereocenters. The largest absolute Gasteiger partial charge is 0.481 e. The molecule has 0 heterocycles. The predicted molar refractivity (Wildman–Crippen MR) is 55.6 cm³/mol. The molecule has 0 bridgehead atoms. The summed E-state index contributed by atoms with van der Waals surface area (Å²) in [7, 11) is 0. The Bertz CT molecular complexity index is 462. The molecule has 1 N–H and O–H groups in total. The van der Waals surface area contributed by atoms with E-state index in [0.29, 0.717) is 16.3 Å². The highest BCUT2D eigenvalue weighted by Gasteiger charge is 2.09. The molecule has 0 spiro atoms. The fraction of sp³-hybridized carbons (Fsp3) is 0.100. The van der Waals surface area contributed by atoms with Gasteiger partial charge in [-0.15, -0.1) is 0 Å². The summed E-state index contributed by atoms with van der Waals surface area (Å²) in [4.78, 5) is 21.1. The van der Waals surface area contributed by atoms with Crippen molar-refractivity contribution in [3.8, 4) is 6.07 Å². The molecule has 0 atom stereocenters. The fourth-order valence-electron chi connectivity index (χ4n) is 1.15. The van der Waals surface area contributed by atoms with Gasteiger partial charge in [-0.25, -0.2) is 0 Å². The van der Waals surface area contributed by atoms with Gasteiger partial charge in [0.2, 0.25) is 0 Å². The van der Waals surface area contributed by atoms with Gasteiger partial charge in [-0.2, -0.15) is 5.26 Å². The van der Waals surface area contributed by atoms with Gasteiger partial charge in [0.1, 0.15) is 6.07 Å². The molecular formula is C10H6BrNO3. The number of carbonyl (C=O) groups excluding carboxylic acids is 1. The third kappa shape index (κ3) is 2.64. The van der Waals surface area contributed by atoms with Crippen LogP contribution >= 0.6 is 15.9 Å². The Morgan fingerprint density at radius 1 is 1.60 bits per heavy atom. The Morgan fingerprint density at radius 3 is 2.73 bits per heavy atom. The van der Waals surface area contributed by atoms with Crippen molar-refractivity contribution in [1.29, 1.82) is 5.26 Å². The van der Waals surface area contributed by atoms with Crippen LogP contribution < -0.4 is 0 Å². The minimum atomic E-state index is -1.00. The summed E-state index contributed by atoms with van der Waals surface area (Å²) in [6.45, 7) is 0. The lowest BCUT2D eigenvalue weighted by Crippen LogP contribution is -2.02. The fourth-order valence-corrected chi connectivity index (χ4v) is 1.56. The molecule has 15 heavy (non-hydrogen) atoms. The second-order valence-electron chi connectivity index (χ2n) is 2.85. The van der Waals surface area contributed by atoms with Gasteiger partial charge in [-0.1, -0.05) is 0 Å². The van der Waals surface area contributed by atoms with Gasteiger partial charge in [-0.3, -0.25) is 9.59 Å². The topological polar surface area (TPSA) is 78.2 Å². The average Bonchev–Trinajstić information content (AvgIpc) is 2.19. The van der Waals surface area contributed by atoms with Crippen LogP contribution in [0.15, 0.2) is 16.6 Å². The second-order valence-corrected chi connectivity index (χ2v) is 3.64. The Hall–Kier alpha value is -1.67. The molecule has 0 amide bonds. The van der Waals surface area contributed by atoms with Crippen LogP contribution in [0.2, 0.25) is 0 Å². The zero-order valence-corrected chi connectivity index (χ0v) is 9.11. The predicted octanol–water partition coefficient (Wildman–Crippen LogP) is 1.76. The van der Waals surface area contributed by atoms with Crippen LogP contribution in [0.3, 0.4) is 0 Å². The number of nitriles is 1. The van der Waals surface area contributed by atoms with E-state index in [1.807, 2.05) is 6.07 Å². The molecule has 0 fully saturated rings. The van der Waals surface area contributed by atoms with Crippen LogP contribution in [0.5, 0.6) is 0 Å². The first-order chi connectivity index (χ1) is 7.08. The van der Waals surface area contributed by atoms with Gasteiger partial charge in [0.15, 0.2) is 6.29 Å². The summed E-state index contributed by atoms with van der Waals surface area (Å²) < 4.78 is 0.397. The number of halogens is 1. The van der Waals surface area contributed by atoms with Crippen molar-refractivity contribution in [3.05, 3.63) is 33.3 Å². The normalized spacial score (nSPS) is 9.33. The monoisotopic (exact) mass is 267 g/mol. The molecule has 1 aromatic rings. The lowest BCUT2D eigenvalue weighted by atomic mass is 10.0. The molecule has 4 nitrogen and oxygen atoms in total. The highest BCUT2D eigenvalue weighted by molar-refractivity contribution is 9.10. The number of rotatable bonds is 3. The van der Waals surface area contributed by atoms with E-state index in [-0.39, 0.29) is 17.5 Å². The van der Waals surface area contributed by atoms with Gasteiger partial charge in [0.25, 0.3) is 0 Å². The molecule has 76 valence electrons. The van der Waals surface area contributed by atoms with E-state index in [9.17, 15) is 9.59 Å². The smallest absolute Gasteiger partial charge is 0.307 e. The molecule has 0 aliphatic heterocycles.